The van der Waals surface area contributed by atoms with Crippen molar-refractivity contribution in [3.05, 3.63) is 69.9 Å². The van der Waals surface area contributed by atoms with Crippen LogP contribution in [0.1, 0.15) is 40.2 Å². The first-order valence-corrected chi connectivity index (χ1v) is 16.6. The number of nitrogens with one attached hydrogen (secondary N) is 3. The van der Waals surface area contributed by atoms with Gasteiger partial charge in [-0.25, -0.2) is 8.42 Å². The third-order valence-electron chi connectivity index (χ3n) is 7.10. The Labute approximate surface area is 251 Å². The summed E-state index contributed by atoms with van der Waals surface area (Å²) >= 11 is 2.86. The zero-order chi connectivity index (χ0) is 30.2. The van der Waals surface area contributed by atoms with Gasteiger partial charge in [-0.1, -0.05) is 23.9 Å². The van der Waals surface area contributed by atoms with Crippen molar-refractivity contribution >= 4 is 56.5 Å². The number of nitrogens with two attached hydrogens (primary N) is 1. The van der Waals surface area contributed by atoms with Gasteiger partial charge >= 0.3 is 0 Å². The van der Waals surface area contributed by atoms with E-state index < -0.39 is 51.4 Å². The Kier molecular flexibility index (Phi) is 8.30. The predicted octanol–water partition coefficient (Wildman–Crippen LogP) is 2.91. The maximum absolute atomic E-state index is 13.3. The van der Waals surface area contributed by atoms with Crippen molar-refractivity contribution in [1.29, 1.82) is 5.41 Å². The Bertz CT molecular complexity index is 1690. The number of benzene rings is 2. The molecule has 5 rings (SSSR count). The van der Waals surface area contributed by atoms with Crippen LogP contribution in [-0.2, 0) is 19.4 Å². The topological polar surface area (TPSA) is 172 Å². The highest BCUT2D eigenvalue weighted by atomic mass is 32.2. The molecule has 0 saturated carbocycles. The number of likely N-dealkylation sites (tertiary alicyclic amines) is 1. The molecule has 2 aliphatic heterocycles. The van der Waals surface area contributed by atoms with Crippen LogP contribution in [0.3, 0.4) is 0 Å². The molecule has 0 bridgehead atoms. The van der Waals surface area contributed by atoms with E-state index >= 15 is 0 Å². The van der Waals surface area contributed by atoms with Gasteiger partial charge in [0.25, 0.3) is 5.91 Å². The number of hydrogen-bond acceptors (Lipinski definition) is 9. The molecule has 2 aromatic carbocycles. The Hall–Kier alpha value is -3.88. The SMILES string of the molecule is C[C@@H](NC(=O)[C@@H]1C[C@@H](S(C)(=O)=O)CN1C(=O)CNC(=O)c1ccc2c(c1)Oc1ccccc1S2)c1cc(C(=N)N)cs1. The second-order valence-electron chi connectivity index (χ2n) is 10.1. The molecule has 5 N–H and O–H groups in total. The molecule has 0 spiro atoms. The number of sulfone groups is 1. The highest BCUT2D eigenvalue weighted by molar-refractivity contribution is 7.99. The van der Waals surface area contributed by atoms with Crippen LogP contribution in [0.2, 0.25) is 0 Å². The maximum atomic E-state index is 13.3. The van der Waals surface area contributed by atoms with E-state index in [0.29, 0.717) is 22.6 Å². The highest BCUT2D eigenvalue weighted by Crippen LogP contribution is 2.46. The molecule has 3 amide bonds. The summed E-state index contributed by atoms with van der Waals surface area (Å²) in [5.74, 6) is -0.457. The van der Waals surface area contributed by atoms with Crippen LogP contribution in [0, 0.1) is 5.41 Å². The number of fused-ring (bicyclic) bond motifs is 2. The predicted molar refractivity (Wildman–Crippen MR) is 160 cm³/mol. The zero-order valence-corrected chi connectivity index (χ0v) is 25.2. The number of nitrogens with zero attached hydrogens (tertiary/aromatic N) is 1. The number of rotatable bonds is 8. The van der Waals surface area contributed by atoms with Crippen molar-refractivity contribution in [2.75, 3.05) is 19.3 Å². The first kappa shape index (κ1) is 29.6. The van der Waals surface area contributed by atoms with Gasteiger partial charge in [0.2, 0.25) is 11.8 Å². The van der Waals surface area contributed by atoms with Gasteiger partial charge in [0.15, 0.2) is 9.84 Å². The first-order valence-electron chi connectivity index (χ1n) is 13.0. The van der Waals surface area contributed by atoms with Crippen molar-refractivity contribution in [3.8, 4) is 11.5 Å². The van der Waals surface area contributed by atoms with Gasteiger partial charge in [-0.05, 0) is 49.7 Å². The summed E-state index contributed by atoms with van der Waals surface area (Å²) < 4.78 is 30.6. The Morgan fingerprint density at radius 3 is 2.57 bits per heavy atom. The molecule has 3 heterocycles. The van der Waals surface area contributed by atoms with Crippen LogP contribution in [-0.4, -0.2) is 67.5 Å². The molecule has 11 nitrogen and oxygen atoms in total. The molecular weight excluding hydrogens is 599 g/mol. The number of para-hydroxylation sites is 1. The van der Waals surface area contributed by atoms with Crippen molar-refractivity contribution in [1.82, 2.24) is 15.5 Å². The molecule has 14 heteroatoms. The van der Waals surface area contributed by atoms with Gasteiger partial charge in [-0.3, -0.25) is 19.8 Å². The summed E-state index contributed by atoms with van der Waals surface area (Å²) in [5.41, 5.74) is 6.36. The lowest BCUT2D eigenvalue weighted by atomic mass is 10.1. The summed E-state index contributed by atoms with van der Waals surface area (Å²) in [4.78, 5) is 43.3. The third kappa shape index (κ3) is 6.30. The van der Waals surface area contributed by atoms with E-state index in [4.69, 9.17) is 15.9 Å². The average Bonchev–Trinajstić information content (AvgIpc) is 3.63. The van der Waals surface area contributed by atoms with Gasteiger partial charge in [0, 0.05) is 34.2 Å². The monoisotopic (exact) mass is 627 g/mol. The van der Waals surface area contributed by atoms with Crippen molar-refractivity contribution < 1.29 is 27.5 Å². The van der Waals surface area contributed by atoms with E-state index in [1.165, 1.54) is 28.0 Å². The smallest absolute Gasteiger partial charge is 0.251 e. The fourth-order valence-corrected chi connectivity index (χ4v) is 7.57. The molecular formula is C28H29N5O6S3. The fraction of sp³-hybridized carbons (Fsp3) is 0.286. The van der Waals surface area contributed by atoms with Crippen LogP contribution in [0.4, 0.5) is 0 Å². The minimum Gasteiger partial charge on any atom is -0.455 e. The molecule has 42 heavy (non-hydrogen) atoms. The number of carbonyl (C=O) groups is 3. The minimum atomic E-state index is -3.54. The van der Waals surface area contributed by atoms with Crippen LogP contribution in [0.25, 0.3) is 0 Å². The number of carbonyl (C=O) groups excluding carboxylic acids is 3. The lowest BCUT2D eigenvalue weighted by molar-refractivity contribution is -0.137. The number of ether oxygens (including phenoxy) is 1. The molecule has 2 aliphatic rings. The molecule has 1 fully saturated rings. The molecule has 220 valence electrons. The quantitative estimate of drug-likeness (QED) is 0.171. The molecule has 0 unspecified atom stereocenters. The zero-order valence-electron chi connectivity index (χ0n) is 22.7. The van der Waals surface area contributed by atoms with Crippen LogP contribution in [0.15, 0.2) is 63.7 Å². The van der Waals surface area contributed by atoms with E-state index in [-0.39, 0.29) is 18.8 Å². The van der Waals surface area contributed by atoms with Gasteiger partial charge in [0.05, 0.1) is 27.6 Å². The summed E-state index contributed by atoms with van der Waals surface area (Å²) in [6, 6.07) is 12.8. The number of amidine groups is 1. The molecule has 3 aromatic rings. The van der Waals surface area contributed by atoms with Gasteiger partial charge in [-0.15, -0.1) is 11.3 Å². The van der Waals surface area contributed by atoms with E-state index in [1.807, 2.05) is 24.3 Å². The molecule has 3 atom stereocenters. The largest absolute Gasteiger partial charge is 0.455 e. The van der Waals surface area contributed by atoms with Crippen LogP contribution in [0.5, 0.6) is 11.5 Å². The second kappa shape index (κ2) is 11.8. The first-order chi connectivity index (χ1) is 19.9. The maximum Gasteiger partial charge on any atom is 0.251 e. The van der Waals surface area contributed by atoms with E-state index in [0.717, 1.165) is 20.9 Å². The van der Waals surface area contributed by atoms with E-state index in [1.54, 1.807) is 36.6 Å². The number of amides is 3. The van der Waals surface area contributed by atoms with Crippen LogP contribution < -0.4 is 21.1 Å². The van der Waals surface area contributed by atoms with Crippen molar-refractivity contribution in [3.63, 3.8) is 0 Å². The Morgan fingerprint density at radius 1 is 1.12 bits per heavy atom. The van der Waals surface area contributed by atoms with Gasteiger partial charge in [-0.2, -0.15) is 0 Å². The molecule has 1 aromatic heterocycles. The summed E-state index contributed by atoms with van der Waals surface area (Å²) in [6.45, 7) is 1.18. The molecule has 0 radical (unpaired) electrons. The van der Waals surface area contributed by atoms with E-state index in [9.17, 15) is 22.8 Å². The van der Waals surface area contributed by atoms with Crippen LogP contribution >= 0.6 is 23.1 Å². The van der Waals surface area contributed by atoms with Gasteiger partial charge in [0.1, 0.15) is 23.4 Å². The molecule has 0 aliphatic carbocycles. The number of thiophene rings is 1. The summed E-state index contributed by atoms with van der Waals surface area (Å²) in [7, 11) is -3.54. The van der Waals surface area contributed by atoms with Crippen molar-refractivity contribution in [2.24, 2.45) is 5.73 Å². The lowest BCUT2D eigenvalue weighted by Gasteiger charge is -2.25. The minimum absolute atomic E-state index is 0.0541. The summed E-state index contributed by atoms with van der Waals surface area (Å²) in [6.07, 6.45) is 1.02. The normalized spacial score (nSPS) is 18.3. The Morgan fingerprint density at radius 2 is 1.86 bits per heavy atom. The Balaban J connectivity index is 1.25. The van der Waals surface area contributed by atoms with Gasteiger partial charge < -0.3 is 26.0 Å². The average molecular weight is 628 g/mol. The second-order valence-corrected chi connectivity index (χ2v) is 14.5. The third-order valence-corrected chi connectivity index (χ3v) is 10.9. The van der Waals surface area contributed by atoms with E-state index in [2.05, 4.69) is 10.6 Å². The number of nitrogen functional groups attached to an aromatic ring is 1. The lowest BCUT2D eigenvalue weighted by Crippen LogP contribution is -2.49. The standard InChI is InChI=1S/C28H29N5O6S3/c1-15(24-10-17(14-40-24)26(29)30)32-28(36)19-11-18(42(2,37)38)13-33(19)25(34)12-31-27(35)16-7-8-23-21(9-16)39-20-5-3-4-6-22(20)41-23/h3-10,14-15,18-19H,11-13H2,1-2H3,(H3,29,30)(H,31,35)(H,32,36)/t15-,18-,19+/m1/s1. The summed E-state index contributed by atoms with van der Waals surface area (Å²) in [5, 5.41) is 13.8. The fourth-order valence-electron chi connectivity index (χ4n) is 4.76. The van der Waals surface area contributed by atoms with Crippen molar-refractivity contribution in [2.45, 2.75) is 40.5 Å². The molecule has 1 saturated heterocycles. The highest BCUT2D eigenvalue weighted by Gasteiger charge is 2.43. The number of hydrogen-bond donors (Lipinski definition) is 4.